The molecule has 0 fully saturated rings. The van der Waals surface area contributed by atoms with Crippen molar-refractivity contribution in [3.8, 4) is 11.4 Å². The van der Waals surface area contributed by atoms with Gasteiger partial charge in [0.2, 0.25) is 0 Å². The first-order chi connectivity index (χ1) is 10.6. The smallest absolute Gasteiger partial charge is 0.404 e. The van der Waals surface area contributed by atoms with Crippen LogP contribution in [0.2, 0.25) is 0 Å². The van der Waals surface area contributed by atoms with Gasteiger partial charge in [-0.15, -0.1) is 0 Å². The summed E-state index contributed by atoms with van der Waals surface area (Å²) < 4.78 is 1.61. The fourth-order valence-electron chi connectivity index (χ4n) is 2.66. The quantitative estimate of drug-likeness (QED) is 0.869. The lowest BCUT2D eigenvalue weighted by Crippen LogP contribution is -2.35. The van der Waals surface area contributed by atoms with Crippen molar-refractivity contribution in [2.24, 2.45) is 0 Å². The molecule has 0 bridgehead atoms. The number of carbonyl (C=O) groups is 1. The van der Waals surface area contributed by atoms with Crippen molar-refractivity contribution in [3.63, 3.8) is 0 Å². The van der Waals surface area contributed by atoms with E-state index in [1.54, 1.807) is 16.8 Å². The Bertz CT molecular complexity index is 744. The number of fused-ring (bicyclic) bond motifs is 1. The van der Waals surface area contributed by atoms with E-state index in [9.17, 15) is 9.59 Å². The molecule has 0 saturated heterocycles. The molecule has 0 spiro atoms. The molecule has 0 aliphatic carbocycles. The van der Waals surface area contributed by atoms with Gasteiger partial charge in [0.1, 0.15) is 12.2 Å². The molecule has 1 unspecified atom stereocenters. The molecule has 1 aliphatic rings. The van der Waals surface area contributed by atoms with Gasteiger partial charge in [-0.3, -0.25) is 9.36 Å². The van der Waals surface area contributed by atoms with Crippen LogP contribution in [0.1, 0.15) is 24.6 Å². The van der Waals surface area contributed by atoms with Crippen molar-refractivity contribution in [3.05, 3.63) is 40.8 Å². The number of hydrogen-bond donors (Lipinski definition) is 2. The van der Waals surface area contributed by atoms with Crippen molar-refractivity contribution >= 4 is 6.09 Å². The predicted molar refractivity (Wildman–Crippen MR) is 77.5 cm³/mol. The fraction of sp³-hybridized carbons (Fsp3) is 0.357. The lowest BCUT2D eigenvalue weighted by Gasteiger charge is -2.25. The van der Waals surface area contributed by atoms with Crippen LogP contribution in [0.15, 0.2) is 29.5 Å². The van der Waals surface area contributed by atoms with Gasteiger partial charge in [0, 0.05) is 31.3 Å². The van der Waals surface area contributed by atoms with Crippen LogP contribution < -0.4 is 10.9 Å². The molecule has 0 saturated carbocycles. The Morgan fingerprint density at radius 1 is 1.45 bits per heavy atom. The zero-order valence-corrected chi connectivity index (χ0v) is 11.8. The Labute approximate surface area is 125 Å². The van der Waals surface area contributed by atoms with E-state index in [0.29, 0.717) is 23.8 Å². The summed E-state index contributed by atoms with van der Waals surface area (Å²) in [6.45, 7) is 0.851. The fourth-order valence-corrected chi connectivity index (χ4v) is 2.66. The van der Waals surface area contributed by atoms with Gasteiger partial charge in [0.15, 0.2) is 0 Å². The SMILES string of the molecule is O=C(O)NCC1CCCn2c1nc(-c1ccncn1)cc2=O. The molecular formula is C14H15N5O3. The van der Waals surface area contributed by atoms with E-state index in [1.807, 2.05) is 0 Å². The molecule has 0 aromatic carbocycles. The number of nitrogens with zero attached hydrogens (tertiary/aromatic N) is 4. The summed E-state index contributed by atoms with van der Waals surface area (Å²) in [5.74, 6) is 0.500. The van der Waals surface area contributed by atoms with Crippen molar-refractivity contribution < 1.29 is 9.90 Å². The minimum absolute atomic E-state index is 0.112. The lowest BCUT2D eigenvalue weighted by atomic mass is 9.98. The minimum atomic E-state index is -1.08. The Morgan fingerprint density at radius 3 is 3.05 bits per heavy atom. The molecular weight excluding hydrogens is 286 g/mol. The van der Waals surface area contributed by atoms with Gasteiger partial charge >= 0.3 is 6.09 Å². The molecule has 1 atom stereocenters. The van der Waals surface area contributed by atoms with Crippen LogP contribution in [0, 0.1) is 0 Å². The molecule has 1 aliphatic heterocycles. The summed E-state index contributed by atoms with van der Waals surface area (Å²) >= 11 is 0. The lowest BCUT2D eigenvalue weighted by molar-refractivity contribution is 0.193. The molecule has 2 N–H and O–H groups in total. The standard InChI is InChI=1S/C14H15N5O3/c20-12-6-11(10-3-4-15-8-17-10)18-13-9(7-16-14(21)22)2-1-5-19(12)13/h3-4,6,8-9,16H,1-2,5,7H2,(H,21,22). The van der Waals surface area contributed by atoms with E-state index >= 15 is 0 Å². The molecule has 22 heavy (non-hydrogen) atoms. The Kier molecular flexibility index (Phi) is 3.82. The maximum atomic E-state index is 12.3. The average Bonchev–Trinajstić information content (AvgIpc) is 2.53. The van der Waals surface area contributed by atoms with Gasteiger partial charge < -0.3 is 10.4 Å². The number of hydrogen-bond acceptors (Lipinski definition) is 5. The zero-order chi connectivity index (χ0) is 15.5. The number of rotatable bonds is 3. The molecule has 1 amide bonds. The second kappa shape index (κ2) is 5.92. The van der Waals surface area contributed by atoms with Crippen LogP contribution in [0.25, 0.3) is 11.4 Å². The maximum Gasteiger partial charge on any atom is 0.404 e. The minimum Gasteiger partial charge on any atom is -0.465 e. The van der Waals surface area contributed by atoms with Gasteiger partial charge in [-0.05, 0) is 18.9 Å². The van der Waals surface area contributed by atoms with Crippen LogP contribution in [0.4, 0.5) is 4.79 Å². The third kappa shape index (κ3) is 2.80. The first-order valence-corrected chi connectivity index (χ1v) is 7.00. The number of amides is 1. The van der Waals surface area contributed by atoms with Crippen LogP contribution in [-0.4, -0.2) is 37.3 Å². The summed E-state index contributed by atoms with van der Waals surface area (Å²) in [5.41, 5.74) is 0.922. The highest BCUT2D eigenvalue weighted by atomic mass is 16.4. The highest BCUT2D eigenvalue weighted by Gasteiger charge is 2.24. The predicted octanol–water partition coefficient (Wildman–Crippen LogP) is 0.845. The summed E-state index contributed by atoms with van der Waals surface area (Å²) in [5, 5.41) is 11.1. The maximum absolute atomic E-state index is 12.3. The highest BCUT2D eigenvalue weighted by Crippen LogP contribution is 2.25. The van der Waals surface area contributed by atoms with Gasteiger partial charge in [-0.1, -0.05) is 0 Å². The molecule has 3 rings (SSSR count). The molecule has 114 valence electrons. The molecule has 3 heterocycles. The highest BCUT2D eigenvalue weighted by molar-refractivity contribution is 5.64. The summed E-state index contributed by atoms with van der Waals surface area (Å²) in [4.78, 5) is 35.5. The second-order valence-corrected chi connectivity index (χ2v) is 5.11. The topological polar surface area (TPSA) is 110 Å². The third-order valence-corrected chi connectivity index (χ3v) is 3.68. The second-order valence-electron chi connectivity index (χ2n) is 5.11. The molecule has 2 aromatic heterocycles. The molecule has 8 nitrogen and oxygen atoms in total. The zero-order valence-electron chi connectivity index (χ0n) is 11.8. The number of aromatic nitrogens is 4. The monoisotopic (exact) mass is 301 g/mol. The normalized spacial score (nSPS) is 16.8. The molecule has 2 aromatic rings. The van der Waals surface area contributed by atoms with E-state index in [-0.39, 0.29) is 18.0 Å². The van der Waals surface area contributed by atoms with Gasteiger partial charge in [0.25, 0.3) is 5.56 Å². The van der Waals surface area contributed by atoms with Gasteiger partial charge in [-0.25, -0.2) is 19.7 Å². The third-order valence-electron chi connectivity index (χ3n) is 3.68. The largest absolute Gasteiger partial charge is 0.465 e. The van der Waals surface area contributed by atoms with Crippen LogP contribution in [-0.2, 0) is 6.54 Å². The van der Waals surface area contributed by atoms with Crippen LogP contribution >= 0.6 is 0 Å². The summed E-state index contributed by atoms with van der Waals surface area (Å²) in [7, 11) is 0. The van der Waals surface area contributed by atoms with E-state index in [2.05, 4.69) is 20.3 Å². The summed E-state index contributed by atoms with van der Waals surface area (Å²) in [6, 6.07) is 3.14. The van der Waals surface area contributed by atoms with E-state index in [1.165, 1.54) is 12.4 Å². The summed E-state index contributed by atoms with van der Waals surface area (Å²) in [6.07, 6.45) is 3.53. The van der Waals surface area contributed by atoms with Crippen molar-refractivity contribution in [1.29, 1.82) is 0 Å². The Morgan fingerprint density at radius 2 is 2.32 bits per heavy atom. The van der Waals surface area contributed by atoms with E-state index in [4.69, 9.17) is 5.11 Å². The van der Waals surface area contributed by atoms with Crippen molar-refractivity contribution in [2.75, 3.05) is 6.54 Å². The Hall–Kier alpha value is -2.77. The Balaban J connectivity index is 2.01. The van der Waals surface area contributed by atoms with E-state index in [0.717, 1.165) is 12.8 Å². The average molecular weight is 301 g/mol. The first-order valence-electron chi connectivity index (χ1n) is 7.00. The van der Waals surface area contributed by atoms with Crippen molar-refractivity contribution in [1.82, 2.24) is 24.8 Å². The molecule has 8 heteroatoms. The first kappa shape index (κ1) is 14.2. The van der Waals surface area contributed by atoms with Gasteiger partial charge in [0.05, 0.1) is 11.4 Å². The van der Waals surface area contributed by atoms with Crippen molar-refractivity contribution in [2.45, 2.75) is 25.3 Å². The molecule has 0 radical (unpaired) electrons. The van der Waals surface area contributed by atoms with E-state index < -0.39 is 6.09 Å². The van der Waals surface area contributed by atoms with Gasteiger partial charge in [-0.2, -0.15) is 0 Å². The van der Waals surface area contributed by atoms with Crippen LogP contribution in [0.5, 0.6) is 0 Å². The number of nitrogens with one attached hydrogen (secondary N) is 1. The number of carboxylic acid groups (broad SMARTS) is 1. The van der Waals surface area contributed by atoms with Crippen LogP contribution in [0.3, 0.4) is 0 Å².